The van der Waals surface area contributed by atoms with Gasteiger partial charge >= 0.3 is 0 Å². The van der Waals surface area contributed by atoms with Crippen LogP contribution in [-0.4, -0.2) is 17.2 Å². The number of primary amides is 1. The monoisotopic (exact) mass is 236 g/mol. The molecule has 1 unspecified atom stereocenters. The topological polar surface area (TPSA) is 64.7 Å². The molecule has 2 rings (SSSR count). The highest BCUT2D eigenvalue weighted by Gasteiger charge is 2.44. The van der Waals surface area contributed by atoms with Crippen molar-refractivity contribution in [1.29, 1.82) is 0 Å². The molecule has 90 valence electrons. The Bertz CT molecular complexity index is 480. The molecule has 1 aliphatic rings. The van der Waals surface area contributed by atoms with Gasteiger partial charge in [-0.2, -0.15) is 0 Å². The van der Waals surface area contributed by atoms with E-state index in [0.717, 1.165) is 5.56 Å². The number of halogens is 1. The van der Waals surface area contributed by atoms with Gasteiger partial charge in [0.1, 0.15) is 11.4 Å². The number of rotatable bonds is 2. The van der Waals surface area contributed by atoms with Crippen LogP contribution in [0, 0.1) is 5.82 Å². The maximum Gasteiger partial charge on any atom is 0.267 e. The van der Waals surface area contributed by atoms with Crippen molar-refractivity contribution in [3.05, 3.63) is 35.6 Å². The van der Waals surface area contributed by atoms with Gasteiger partial charge in [0.15, 0.2) is 5.71 Å². The van der Waals surface area contributed by atoms with Gasteiger partial charge in [0.05, 0.1) is 5.92 Å². The van der Waals surface area contributed by atoms with Crippen molar-refractivity contribution in [1.82, 2.24) is 0 Å². The smallest absolute Gasteiger partial charge is 0.267 e. The van der Waals surface area contributed by atoms with Gasteiger partial charge in [-0.3, -0.25) is 4.79 Å². The molecule has 1 aliphatic heterocycles. The molecular weight excluding hydrogens is 223 g/mol. The van der Waals surface area contributed by atoms with E-state index < -0.39 is 11.5 Å². The average molecular weight is 236 g/mol. The summed E-state index contributed by atoms with van der Waals surface area (Å²) in [6.45, 7) is 3.61. The van der Waals surface area contributed by atoms with Crippen LogP contribution >= 0.6 is 0 Å². The van der Waals surface area contributed by atoms with Gasteiger partial charge in [0, 0.05) is 0 Å². The maximum atomic E-state index is 12.9. The summed E-state index contributed by atoms with van der Waals surface area (Å²) in [5, 5.41) is 3.72. The second-order valence-electron chi connectivity index (χ2n) is 4.52. The molecule has 5 heteroatoms. The van der Waals surface area contributed by atoms with E-state index in [4.69, 9.17) is 10.6 Å². The van der Waals surface area contributed by atoms with Crippen LogP contribution in [0.25, 0.3) is 0 Å². The molecule has 2 N–H and O–H groups in total. The lowest BCUT2D eigenvalue weighted by Gasteiger charge is -2.24. The second kappa shape index (κ2) is 3.84. The van der Waals surface area contributed by atoms with Crippen LogP contribution in [-0.2, 0) is 9.63 Å². The number of hydrogen-bond acceptors (Lipinski definition) is 3. The van der Waals surface area contributed by atoms with Crippen LogP contribution in [0.5, 0.6) is 0 Å². The summed E-state index contributed by atoms with van der Waals surface area (Å²) in [5.74, 6) is -1.33. The largest absolute Gasteiger partial charge is 0.388 e. The van der Waals surface area contributed by atoms with Crippen molar-refractivity contribution >= 4 is 11.6 Å². The summed E-state index contributed by atoms with van der Waals surface area (Å²) in [4.78, 5) is 16.5. The van der Waals surface area contributed by atoms with E-state index in [0.29, 0.717) is 0 Å². The Morgan fingerprint density at radius 3 is 2.53 bits per heavy atom. The number of amides is 1. The minimum Gasteiger partial charge on any atom is -0.388 e. The molecule has 4 nitrogen and oxygen atoms in total. The van der Waals surface area contributed by atoms with E-state index in [-0.39, 0.29) is 17.4 Å². The molecule has 17 heavy (non-hydrogen) atoms. The molecule has 0 aromatic heterocycles. The zero-order valence-corrected chi connectivity index (χ0v) is 9.61. The van der Waals surface area contributed by atoms with Crippen LogP contribution in [0.15, 0.2) is 29.4 Å². The molecule has 1 heterocycles. The van der Waals surface area contributed by atoms with Crippen molar-refractivity contribution < 1.29 is 14.0 Å². The fraction of sp³-hybridized carbons (Fsp3) is 0.333. The molecule has 0 spiro atoms. The average Bonchev–Trinajstić information content (AvgIpc) is 2.56. The predicted molar refractivity (Wildman–Crippen MR) is 60.9 cm³/mol. The van der Waals surface area contributed by atoms with E-state index in [2.05, 4.69) is 5.16 Å². The third-order valence-corrected chi connectivity index (χ3v) is 2.80. The lowest BCUT2D eigenvalue weighted by molar-refractivity contribution is -0.112. The minimum absolute atomic E-state index is 0.168. The minimum atomic E-state index is -0.664. The highest BCUT2D eigenvalue weighted by atomic mass is 19.1. The van der Waals surface area contributed by atoms with Gasteiger partial charge in [0.25, 0.3) is 5.91 Å². The highest BCUT2D eigenvalue weighted by molar-refractivity contribution is 6.40. The molecule has 0 bridgehead atoms. The van der Waals surface area contributed by atoms with Gasteiger partial charge in [-0.05, 0) is 31.5 Å². The zero-order chi connectivity index (χ0) is 12.6. The maximum absolute atomic E-state index is 12.9. The SMILES string of the molecule is CC1(C)ON=C(C(N)=O)C1c1ccc(F)cc1. The third-order valence-electron chi connectivity index (χ3n) is 2.80. The highest BCUT2D eigenvalue weighted by Crippen LogP contribution is 2.37. The number of carbonyl (C=O) groups excluding carboxylic acids is 1. The van der Waals surface area contributed by atoms with E-state index >= 15 is 0 Å². The lowest BCUT2D eigenvalue weighted by Crippen LogP contribution is -2.36. The number of hydrogen-bond donors (Lipinski definition) is 1. The first-order chi connectivity index (χ1) is 7.92. The molecule has 0 aliphatic carbocycles. The zero-order valence-electron chi connectivity index (χ0n) is 9.61. The third kappa shape index (κ3) is 2.00. The molecule has 0 fully saturated rings. The number of carbonyl (C=O) groups is 1. The van der Waals surface area contributed by atoms with Crippen molar-refractivity contribution in [3.8, 4) is 0 Å². The lowest BCUT2D eigenvalue weighted by atomic mass is 9.81. The Morgan fingerprint density at radius 2 is 2.00 bits per heavy atom. The fourth-order valence-electron chi connectivity index (χ4n) is 2.00. The summed E-state index contributed by atoms with van der Waals surface area (Å²) in [6.07, 6.45) is 0. The first-order valence-electron chi connectivity index (χ1n) is 5.23. The van der Waals surface area contributed by atoms with Crippen LogP contribution < -0.4 is 5.73 Å². The van der Waals surface area contributed by atoms with E-state index in [1.807, 2.05) is 0 Å². The summed E-state index contributed by atoms with van der Waals surface area (Å²) >= 11 is 0. The quantitative estimate of drug-likeness (QED) is 0.846. The number of nitrogens with zero attached hydrogens (tertiary/aromatic N) is 1. The number of nitrogens with two attached hydrogens (primary N) is 1. The van der Waals surface area contributed by atoms with Crippen molar-refractivity contribution in [3.63, 3.8) is 0 Å². The van der Waals surface area contributed by atoms with Crippen LogP contribution in [0.1, 0.15) is 25.3 Å². The number of oxime groups is 1. The Labute approximate surface area is 98.2 Å². The normalized spacial score (nSPS) is 21.8. The van der Waals surface area contributed by atoms with Crippen LogP contribution in [0.2, 0.25) is 0 Å². The molecule has 1 atom stereocenters. The molecule has 1 aromatic carbocycles. The van der Waals surface area contributed by atoms with E-state index in [9.17, 15) is 9.18 Å². The van der Waals surface area contributed by atoms with E-state index in [1.165, 1.54) is 12.1 Å². The van der Waals surface area contributed by atoms with Gasteiger partial charge < -0.3 is 10.6 Å². The van der Waals surface area contributed by atoms with Gasteiger partial charge in [-0.25, -0.2) is 4.39 Å². The standard InChI is InChI=1S/C12H13FN2O2/c1-12(2)9(10(11(14)16)15-17-12)7-3-5-8(13)6-4-7/h3-6,9H,1-2H3,(H2,14,16). The van der Waals surface area contributed by atoms with Crippen LogP contribution in [0.4, 0.5) is 4.39 Å². The van der Waals surface area contributed by atoms with Crippen molar-refractivity contribution in [2.45, 2.75) is 25.4 Å². The molecule has 0 radical (unpaired) electrons. The van der Waals surface area contributed by atoms with Crippen LogP contribution in [0.3, 0.4) is 0 Å². The Kier molecular flexibility index (Phi) is 2.61. The van der Waals surface area contributed by atoms with Gasteiger partial charge in [-0.1, -0.05) is 17.3 Å². The molecular formula is C12H13FN2O2. The molecule has 0 saturated heterocycles. The van der Waals surface area contributed by atoms with Crippen molar-refractivity contribution in [2.75, 3.05) is 0 Å². The first kappa shape index (κ1) is 11.6. The second-order valence-corrected chi connectivity index (χ2v) is 4.52. The summed E-state index contributed by atoms with van der Waals surface area (Å²) in [5.41, 5.74) is 5.51. The summed E-state index contributed by atoms with van der Waals surface area (Å²) in [6, 6.07) is 5.88. The Hall–Kier alpha value is -1.91. The molecule has 0 saturated carbocycles. The molecule has 1 aromatic rings. The predicted octanol–water partition coefficient (Wildman–Crippen LogP) is 1.56. The Morgan fingerprint density at radius 1 is 1.41 bits per heavy atom. The van der Waals surface area contributed by atoms with Gasteiger partial charge in [0.2, 0.25) is 0 Å². The summed E-state index contributed by atoms with van der Waals surface area (Å²) < 4.78 is 12.9. The van der Waals surface area contributed by atoms with E-state index in [1.54, 1.807) is 26.0 Å². The first-order valence-corrected chi connectivity index (χ1v) is 5.23. The number of benzene rings is 1. The Balaban J connectivity index is 2.43. The van der Waals surface area contributed by atoms with Gasteiger partial charge in [-0.15, -0.1) is 0 Å². The van der Waals surface area contributed by atoms with Crippen molar-refractivity contribution in [2.24, 2.45) is 10.9 Å². The molecule has 1 amide bonds. The summed E-state index contributed by atoms with van der Waals surface area (Å²) in [7, 11) is 0. The fourth-order valence-corrected chi connectivity index (χ4v) is 2.00.